The van der Waals surface area contributed by atoms with Crippen LogP contribution in [0.1, 0.15) is 0 Å². The smallest absolute Gasteiger partial charge is 0.207 e. The Morgan fingerprint density at radius 3 is 2.21 bits per heavy atom. The Morgan fingerprint density at radius 2 is 1.53 bits per heavy atom. The third-order valence-electron chi connectivity index (χ3n) is 2.87. The standard InChI is InChI=1S/C15H10Cl2N2/c16-12-6-8-13(9-7-12)19-14(10-18-15(19)17)11-4-2-1-3-5-11/h1-10H. The van der Waals surface area contributed by atoms with Gasteiger partial charge >= 0.3 is 0 Å². The Labute approximate surface area is 121 Å². The molecule has 0 amide bonds. The zero-order valence-corrected chi connectivity index (χ0v) is 11.4. The van der Waals surface area contributed by atoms with Crippen LogP contribution in [0.15, 0.2) is 60.8 Å². The summed E-state index contributed by atoms with van der Waals surface area (Å²) in [6, 6.07) is 17.5. The van der Waals surface area contributed by atoms with Crippen molar-refractivity contribution in [3.8, 4) is 16.9 Å². The second-order valence-electron chi connectivity index (χ2n) is 4.09. The molecule has 0 radical (unpaired) electrons. The number of hydrogen-bond donors (Lipinski definition) is 0. The zero-order chi connectivity index (χ0) is 13.2. The monoisotopic (exact) mass is 288 g/mol. The highest BCUT2D eigenvalue weighted by atomic mass is 35.5. The number of hydrogen-bond acceptors (Lipinski definition) is 1. The van der Waals surface area contributed by atoms with Crippen molar-refractivity contribution in [2.24, 2.45) is 0 Å². The van der Waals surface area contributed by atoms with Crippen LogP contribution in [-0.2, 0) is 0 Å². The van der Waals surface area contributed by atoms with Crippen molar-refractivity contribution in [3.63, 3.8) is 0 Å². The molecule has 3 rings (SSSR count). The molecule has 0 saturated heterocycles. The summed E-state index contributed by atoms with van der Waals surface area (Å²) >= 11 is 12.1. The first-order valence-electron chi connectivity index (χ1n) is 5.80. The summed E-state index contributed by atoms with van der Waals surface area (Å²) in [5.74, 6) is 0. The van der Waals surface area contributed by atoms with Gasteiger partial charge in [-0.2, -0.15) is 0 Å². The van der Waals surface area contributed by atoms with Crippen LogP contribution < -0.4 is 0 Å². The van der Waals surface area contributed by atoms with Gasteiger partial charge in [-0.05, 0) is 35.9 Å². The molecule has 0 atom stereocenters. The average molecular weight is 289 g/mol. The summed E-state index contributed by atoms with van der Waals surface area (Å²) in [6.07, 6.45) is 1.77. The highest BCUT2D eigenvalue weighted by Gasteiger charge is 2.11. The molecule has 2 aromatic carbocycles. The van der Waals surface area contributed by atoms with E-state index in [0.29, 0.717) is 10.3 Å². The molecule has 3 aromatic rings. The Balaban J connectivity index is 2.17. The van der Waals surface area contributed by atoms with E-state index in [0.717, 1.165) is 16.9 Å². The molecule has 0 aliphatic carbocycles. The Morgan fingerprint density at radius 1 is 0.842 bits per heavy atom. The molecule has 4 heteroatoms. The molecular weight excluding hydrogens is 279 g/mol. The van der Waals surface area contributed by atoms with E-state index < -0.39 is 0 Å². The maximum atomic E-state index is 6.19. The molecule has 2 nitrogen and oxygen atoms in total. The van der Waals surface area contributed by atoms with Gasteiger partial charge in [0.2, 0.25) is 5.28 Å². The number of halogens is 2. The molecular formula is C15H10Cl2N2. The van der Waals surface area contributed by atoms with E-state index in [1.165, 1.54) is 0 Å². The van der Waals surface area contributed by atoms with E-state index >= 15 is 0 Å². The average Bonchev–Trinajstić information content (AvgIpc) is 2.83. The van der Waals surface area contributed by atoms with Gasteiger partial charge in [0, 0.05) is 16.3 Å². The highest BCUT2D eigenvalue weighted by Crippen LogP contribution is 2.27. The summed E-state index contributed by atoms with van der Waals surface area (Å²) in [4.78, 5) is 4.19. The van der Waals surface area contributed by atoms with Gasteiger partial charge in [-0.3, -0.25) is 4.57 Å². The van der Waals surface area contributed by atoms with E-state index in [2.05, 4.69) is 4.98 Å². The third-order valence-corrected chi connectivity index (χ3v) is 3.39. The van der Waals surface area contributed by atoms with Crippen molar-refractivity contribution >= 4 is 23.2 Å². The first-order valence-corrected chi connectivity index (χ1v) is 6.56. The van der Waals surface area contributed by atoms with Crippen molar-refractivity contribution < 1.29 is 0 Å². The van der Waals surface area contributed by atoms with Crippen molar-refractivity contribution in [2.75, 3.05) is 0 Å². The van der Waals surface area contributed by atoms with E-state index in [-0.39, 0.29) is 0 Å². The highest BCUT2D eigenvalue weighted by molar-refractivity contribution is 6.30. The lowest BCUT2D eigenvalue weighted by Gasteiger charge is -2.09. The minimum atomic E-state index is 0.432. The largest absolute Gasteiger partial charge is 0.283 e. The zero-order valence-electron chi connectivity index (χ0n) is 9.92. The van der Waals surface area contributed by atoms with Crippen molar-refractivity contribution in [1.29, 1.82) is 0 Å². The van der Waals surface area contributed by atoms with Gasteiger partial charge in [0.15, 0.2) is 0 Å². The van der Waals surface area contributed by atoms with Gasteiger partial charge < -0.3 is 0 Å². The molecule has 0 aliphatic heterocycles. The van der Waals surface area contributed by atoms with E-state index in [4.69, 9.17) is 23.2 Å². The minimum Gasteiger partial charge on any atom is -0.283 e. The molecule has 19 heavy (non-hydrogen) atoms. The lowest BCUT2D eigenvalue weighted by molar-refractivity contribution is 1.06. The lowest BCUT2D eigenvalue weighted by atomic mass is 10.1. The number of rotatable bonds is 2. The van der Waals surface area contributed by atoms with Crippen molar-refractivity contribution in [1.82, 2.24) is 9.55 Å². The maximum Gasteiger partial charge on any atom is 0.207 e. The summed E-state index contributed by atoms with van der Waals surface area (Å²) in [5, 5.41) is 1.13. The number of aromatic nitrogens is 2. The normalized spacial score (nSPS) is 10.6. The van der Waals surface area contributed by atoms with Gasteiger partial charge in [0.1, 0.15) is 0 Å². The number of imidazole rings is 1. The van der Waals surface area contributed by atoms with Gasteiger partial charge in [-0.1, -0.05) is 41.9 Å². The molecule has 0 bridgehead atoms. The minimum absolute atomic E-state index is 0.432. The second-order valence-corrected chi connectivity index (χ2v) is 4.86. The first-order chi connectivity index (χ1) is 9.25. The molecule has 94 valence electrons. The molecule has 1 heterocycles. The topological polar surface area (TPSA) is 17.8 Å². The lowest BCUT2D eigenvalue weighted by Crippen LogP contribution is -1.96. The van der Waals surface area contributed by atoms with Crippen LogP contribution >= 0.6 is 23.2 Å². The van der Waals surface area contributed by atoms with Crippen LogP contribution in [-0.4, -0.2) is 9.55 Å². The quantitative estimate of drug-likeness (QED) is 0.659. The summed E-state index contributed by atoms with van der Waals surface area (Å²) in [6.45, 7) is 0. The van der Waals surface area contributed by atoms with Crippen LogP contribution in [0.3, 0.4) is 0 Å². The van der Waals surface area contributed by atoms with Crippen LogP contribution in [0.2, 0.25) is 10.3 Å². The number of benzene rings is 2. The van der Waals surface area contributed by atoms with Crippen LogP contribution in [0.25, 0.3) is 16.9 Å². The van der Waals surface area contributed by atoms with Crippen LogP contribution in [0.4, 0.5) is 0 Å². The van der Waals surface area contributed by atoms with Crippen LogP contribution in [0, 0.1) is 0 Å². The molecule has 0 aliphatic rings. The predicted molar refractivity (Wildman–Crippen MR) is 79.0 cm³/mol. The van der Waals surface area contributed by atoms with Gasteiger partial charge in [0.05, 0.1) is 11.9 Å². The number of nitrogens with zero attached hydrogens (tertiary/aromatic N) is 2. The van der Waals surface area contributed by atoms with Gasteiger partial charge in [-0.25, -0.2) is 4.98 Å². The molecule has 0 fully saturated rings. The molecule has 0 unspecified atom stereocenters. The van der Waals surface area contributed by atoms with Crippen molar-refractivity contribution in [2.45, 2.75) is 0 Å². The SMILES string of the molecule is Clc1ccc(-n2c(-c3ccccc3)cnc2Cl)cc1. The summed E-state index contributed by atoms with van der Waals surface area (Å²) in [5.41, 5.74) is 2.95. The molecule has 1 aromatic heterocycles. The maximum absolute atomic E-state index is 6.19. The van der Waals surface area contributed by atoms with E-state index in [1.807, 2.05) is 59.2 Å². The fourth-order valence-corrected chi connectivity index (χ4v) is 2.34. The fraction of sp³-hybridized carbons (Fsp3) is 0. The molecule has 0 spiro atoms. The van der Waals surface area contributed by atoms with Crippen LogP contribution in [0.5, 0.6) is 0 Å². The van der Waals surface area contributed by atoms with E-state index in [1.54, 1.807) is 6.20 Å². The Bertz CT molecular complexity index is 688. The Hall–Kier alpha value is -1.77. The van der Waals surface area contributed by atoms with Crippen molar-refractivity contribution in [3.05, 3.63) is 71.1 Å². The van der Waals surface area contributed by atoms with E-state index in [9.17, 15) is 0 Å². The fourth-order valence-electron chi connectivity index (χ4n) is 1.98. The third kappa shape index (κ3) is 2.37. The Kier molecular flexibility index (Phi) is 3.28. The summed E-state index contributed by atoms with van der Waals surface area (Å²) < 4.78 is 1.90. The first kappa shape index (κ1) is 12.3. The van der Waals surface area contributed by atoms with Gasteiger partial charge in [0.25, 0.3) is 0 Å². The molecule has 0 N–H and O–H groups in total. The predicted octanol–water partition coefficient (Wildman–Crippen LogP) is 4.85. The molecule has 0 saturated carbocycles. The summed E-state index contributed by atoms with van der Waals surface area (Å²) in [7, 11) is 0. The van der Waals surface area contributed by atoms with Gasteiger partial charge in [-0.15, -0.1) is 0 Å². The second kappa shape index (κ2) is 5.08.